The van der Waals surface area contributed by atoms with Crippen molar-refractivity contribution in [2.75, 3.05) is 68.0 Å². The number of phenols is 1. The van der Waals surface area contributed by atoms with Crippen molar-refractivity contribution in [3.8, 4) is 5.75 Å². The Morgan fingerprint density at radius 3 is 1.80 bits per heavy atom. The van der Waals surface area contributed by atoms with Crippen LogP contribution >= 0.6 is 0 Å². The molecular weight excluding hydrogens is 1630 g/mol. The summed E-state index contributed by atoms with van der Waals surface area (Å²) < 4.78 is 0. The second-order valence-corrected chi connectivity index (χ2v) is 33.2. The number of phenolic OH excluding ortho intramolecular Hbond substituents is 1. The Balaban J connectivity index is 1.40. The number of aromatic nitrogens is 1. The maximum Gasteiger partial charge on any atom is 0.303 e. The van der Waals surface area contributed by atoms with E-state index in [-0.39, 0.29) is 154 Å². The number of nitrogens with two attached hydrogens (primary N) is 4. The fourth-order valence-electron chi connectivity index (χ4n) is 15.8. The van der Waals surface area contributed by atoms with Gasteiger partial charge in [0.15, 0.2) is 5.96 Å². The van der Waals surface area contributed by atoms with Crippen molar-refractivity contribution in [2.24, 2.45) is 39.8 Å². The maximum atomic E-state index is 16.8. The second kappa shape index (κ2) is 49.6. The van der Waals surface area contributed by atoms with Gasteiger partial charge in [0.2, 0.25) is 70.9 Å². The van der Waals surface area contributed by atoms with Gasteiger partial charge in [-0.3, -0.25) is 91.4 Å². The number of aromatic amines is 1. The maximum absolute atomic E-state index is 16.8. The first kappa shape index (κ1) is 102. The van der Waals surface area contributed by atoms with E-state index < -0.39 is 224 Å². The van der Waals surface area contributed by atoms with Crippen molar-refractivity contribution in [1.29, 1.82) is 0 Å². The van der Waals surface area contributed by atoms with Crippen molar-refractivity contribution < 1.29 is 102 Å². The van der Waals surface area contributed by atoms with Crippen molar-refractivity contribution in [2.45, 2.75) is 254 Å². The average molecular weight is 1750 g/mol. The third kappa shape index (κ3) is 30.5. The van der Waals surface area contributed by atoms with Crippen molar-refractivity contribution in [3.63, 3.8) is 0 Å². The molecular formula is C84H128N20O21. The number of hydrogen-bond acceptors (Lipinski definition) is 22. The van der Waals surface area contributed by atoms with Crippen LogP contribution in [0.25, 0.3) is 10.9 Å². The fourth-order valence-corrected chi connectivity index (χ4v) is 15.8. The zero-order chi connectivity index (χ0) is 92.6. The molecule has 0 bridgehead atoms. The van der Waals surface area contributed by atoms with E-state index in [1.165, 1.54) is 41.1 Å². The van der Waals surface area contributed by atoms with Gasteiger partial charge >= 0.3 is 17.9 Å². The number of amides is 14. The minimum Gasteiger partial charge on any atom is -0.508 e. The third-order valence-electron chi connectivity index (χ3n) is 22.2. The summed E-state index contributed by atoms with van der Waals surface area (Å²) in [6.07, 6.45) is -3.02. The number of aromatic hydroxyl groups is 1. The first-order valence-corrected chi connectivity index (χ1v) is 42.7. The van der Waals surface area contributed by atoms with Gasteiger partial charge in [0.1, 0.15) is 78.3 Å². The Bertz CT molecular complexity index is 4310. The highest BCUT2D eigenvalue weighted by Crippen LogP contribution is 2.30. The van der Waals surface area contributed by atoms with Gasteiger partial charge in [0.25, 0.3) is 11.8 Å². The van der Waals surface area contributed by atoms with E-state index in [1.54, 1.807) is 96.1 Å². The molecule has 14 amide bonds. The van der Waals surface area contributed by atoms with Gasteiger partial charge in [-0.05, 0) is 163 Å². The molecule has 0 saturated carbocycles. The molecule has 0 spiro atoms. The minimum atomic E-state index is -1.98. The smallest absolute Gasteiger partial charge is 0.303 e. The molecule has 0 aliphatic carbocycles. The molecule has 41 heteroatoms. The number of carbonyl (C=O) groups excluding carboxylic acids is 14. The lowest BCUT2D eigenvalue weighted by Crippen LogP contribution is -2.64. The summed E-state index contributed by atoms with van der Waals surface area (Å²) >= 11 is 0. The molecule has 2 aromatic carbocycles. The van der Waals surface area contributed by atoms with Gasteiger partial charge in [-0.25, -0.2) is 0 Å². The minimum absolute atomic E-state index is 0.0290. The van der Waals surface area contributed by atoms with Gasteiger partial charge in [-0.1, -0.05) is 58.0 Å². The molecule has 4 heterocycles. The summed E-state index contributed by atoms with van der Waals surface area (Å²) in [5.74, 6) is -18.7. The molecule has 3 aliphatic rings. The van der Waals surface area contributed by atoms with Gasteiger partial charge in [-0.2, -0.15) is 0 Å². The number of likely N-dealkylation sites (N-methyl/N-ethyl adjacent to an activating group) is 1. The van der Waals surface area contributed by atoms with Crippen molar-refractivity contribution in [1.82, 2.24) is 76.9 Å². The van der Waals surface area contributed by atoms with Crippen molar-refractivity contribution in [3.05, 3.63) is 65.9 Å². The van der Waals surface area contributed by atoms with E-state index in [9.17, 15) is 68.4 Å². The molecule has 41 nitrogen and oxygen atoms in total. The first-order chi connectivity index (χ1) is 59.2. The van der Waals surface area contributed by atoms with Crippen LogP contribution in [0.3, 0.4) is 0 Å². The SMILES string of the molecule is CN=C(N(C)C)N(C)CCC[C@@H](C(=O)N1C(=O)[C@H](CC(C)C)NC(=O)[C@H](CCC(=O)O)NC(=O)[C@H](Cc2c[nH]c3ccccc23)NC(=O)[C@@H]2CCCN2C(=O)[C@@H]1CCCCN)N(C)C(=O)[C@@H]1CCCN1C(=O)[C@H](CCCCN)NC(=O)[C@H](CC(N)=O)NC(=O)[C@H](CCC(=O)O)NC(=O)[C@H](Cc1ccc(O)cc1)NC(=O)[C@H](CC(C)C)NC(=O)[C@@H](N)CCC(=O)O. The lowest BCUT2D eigenvalue weighted by molar-refractivity contribution is -0.162. The molecule has 690 valence electrons. The molecule has 0 unspecified atom stereocenters. The van der Waals surface area contributed by atoms with Crippen LogP contribution in [0, 0.1) is 11.8 Å². The highest BCUT2D eigenvalue weighted by atomic mass is 16.4. The van der Waals surface area contributed by atoms with E-state index in [0.717, 1.165) is 9.80 Å². The molecule has 3 saturated heterocycles. The number of imide groups is 1. The number of fused-ring (bicyclic) bond motifs is 2. The van der Waals surface area contributed by atoms with Crippen LogP contribution in [0.2, 0.25) is 0 Å². The van der Waals surface area contributed by atoms with E-state index in [0.29, 0.717) is 28.0 Å². The number of guanidine groups is 1. The van der Waals surface area contributed by atoms with E-state index in [4.69, 9.17) is 22.9 Å². The standard InChI is InChI=1S/C84H128N20O21/c1-47(2)41-58(94-71(113)53(87)30-33-68(107)108)74(116)95-59(43-49-26-28-51(105)29-27-49)75(117)91-55(31-34-69(109)110)72(114)96-61(45-67(88)106)77(119)93-57(21-12-14-36-85)79(121)103-40-18-25-65(103)81(123)101(9)64(24-16-38-100(8)84(89-5)99(6)7)83(125)104-66(22-13-15-37-86)82(124)102-39-17-23-63(102)78(120)97-60(44-50-46-90-54-20-11-10-19-52(50)54)76(118)92-56(32-35-70(111)112)73(115)98-62(80(104)122)42-48(3)4/h10-11,19-20,26-29,46-48,53,55-66,90,105H,12-18,21-25,30-45,85-87H2,1-9H3,(H2,88,106)(H,91,117)(H,92,118)(H,93,119)(H,94,113)(H,95,116)(H,96,114)(H,97,120)(H,98,115)(H,107,108)(H,109,110)(H,111,112)/t53-,55-,56-,57-,58-,59-,60-,61-,62-,63-,64-,65-,66-/m0/s1. The number of H-pyrrole nitrogens is 1. The number of nitrogens with one attached hydrogen (secondary N) is 9. The Labute approximate surface area is 726 Å². The molecule has 21 N–H and O–H groups in total. The number of carboxylic acid groups (broad SMARTS) is 3. The quantitative estimate of drug-likeness (QED) is 0.0174. The summed E-state index contributed by atoms with van der Waals surface area (Å²) in [4.78, 5) is 262. The van der Waals surface area contributed by atoms with Crippen LogP contribution < -0.4 is 65.5 Å². The number of rotatable bonds is 45. The molecule has 0 radical (unpaired) electrons. The second-order valence-electron chi connectivity index (χ2n) is 33.2. The highest BCUT2D eigenvalue weighted by molar-refractivity contribution is 6.08. The van der Waals surface area contributed by atoms with Crippen LogP contribution in [-0.4, -0.2) is 308 Å². The Hall–Kier alpha value is -11.9. The number of primary amides is 1. The van der Waals surface area contributed by atoms with Crippen LogP contribution in [0.4, 0.5) is 0 Å². The number of likely N-dealkylation sites (tertiary alicyclic amines) is 1. The fraction of sp³-hybridized carbons (Fsp3) is 0.619. The molecule has 3 aliphatic heterocycles. The van der Waals surface area contributed by atoms with Crippen molar-refractivity contribution >= 4 is 117 Å². The van der Waals surface area contributed by atoms with Crippen LogP contribution in [0.15, 0.2) is 59.7 Å². The van der Waals surface area contributed by atoms with Gasteiger partial charge in [0.05, 0.1) is 12.5 Å². The average Bonchev–Trinajstić information content (AvgIpc) is 1.77. The van der Waals surface area contributed by atoms with Gasteiger partial charge in [-0.15, -0.1) is 0 Å². The zero-order valence-corrected chi connectivity index (χ0v) is 72.8. The number of hydrogen-bond donors (Lipinski definition) is 17. The molecule has 3 fully saturated rings. The van der Waals surface area contributed by atoms with E-state index in [2.05, 4.69) is 52.5 Å². The summed E-state index contributed by atoms with van der Waals surface area (Å²) in [6.45, 7) is 7.00. The van der Waals surface area contributed by atoms with Crippen LogP contribution in [-0.2, 0) is 94.3 Å². The lowest BCUT2D eigenvalue weighted by atomic mass is 9.97. The number of aliphatic carboxylic acids is 3. The molecule has 13 atom stereocenters. The first-order valence-electron chi connectivity index (χ1n) is 42.7. The number of para-hydroxylation sites is 1. The predicted molar refractivity (Wildman–Crippen MR) is 457 cm³/mol. The number of carbonyl (C=O) groups is 17. The van der Waals surface area contributed by atoms with Crippen LogP contribution in [0.5, 0.6) is 5.75 Å². The summed E-state index contributed by atoms with van der Waals surface area (Å²) in [5.41, 5.74) is 25.4. The molecule has 1 aromatic heterocycles. The largest absolute Gasteiger partial charge is 0.508 e. The number of carboxylic acids is 3. The number of nitrogens with zero attached hydrogens (tertiary/aromatic N) is 7. The van der Waals surface area contributed by atoms with E-state index >= 15 is 33.6 Å². The van der Waals surface area contributed by atoms with Gasteiger partial charge in [0, 0.05) is 104 Å². The molecule has 125 heavy (non-hydrogen) atoms. The van der Waals surface area contributed by atoms with E-state index in [1.807, 2.05) is 0 Å². The lowest BCUT2D eigenvalue weighted by Gasteiger charge is -2.40. The Morgan fingerprint density at radius 2 is 1.17 bits per heavy atom. The Kier molecular flexibility index (Phi) is 40.4. The summed E-state index contributed by atoms with van der Waals surface area (Å²) in [7, 11) is 8.09. The summed E-state index contributed by atoms with van der Waals surface area (Å²) in [6, 6.07) is -8.36. The number of benzene rings is 2. The normalized spacial score (nSPS) is 19.5. The molecule has 6 rings (SSSR count). The Morgan fingerprint density at radius 1 is 0.592 bits per heavy atom. The molecule has 3 aromatic rings. The topological polar surface area (TPSA) is 619 Å². The predicted octanol–water partition coefficient (Wildman–Crippen LogP) is -1.51. The number of aliphatic imine (C=N–C) groups is 1. The van der Waals surface area contributed by atoms with Gasteiger partial charge < -0.3 is 115 Å². The van der Waals surface area contributed by atoms with Crippen LogP contribution in [0.1, 0.15) is 174 Å². The highest BCUT2D eigenvalue weighted by Gasteiger charge is 2.50. The summed E-state index contributed by atoms with van der Waals surface area (Å²) in [5, 5.41) is 60.7. The number of unbranched alkanes of at least 4 members (excludes halogenated alkanes) is 2. The monoisotopic (exact) mass is 1750 g/mol. The zero-order valence-electron chi connectivity index (χ0n) is 72.8. The third-order valence-corrected chi connectivity index (χ3v) is 22.2.